The number of ether oxygens (including phenoxy) is 1. The molecule has 2 unspecified atom stereocenters. The largest absolute Gasteiger partial charge is 0.368 e. The van der Waals surface area contributed by atoms with Crippen LogP contribution in [-0.4, -0.2) is 37.1 Å². The summed E-state index contributed by atoms with van der Waals surface area (Å²) in [7, 11) is 0. The Morgan fingerprint density at radius 2 is 2.00 bits per heavy atom. The molecule has 0 N–H and O–H groups in total. The Morgan fingerprint density at radius 1 is 1.29 bits per heavy atom. The van der Waals surface area contributed by atoms with Crippen molar-refractivity contribution < 1.29 is 13.5 Å². The van der Waals surface area contributed by atoms with Gasteiger partial charge in [-0.15, -0.1) is 0 Å². The molecule has 0 bridgehead atoms. The monoisotopic (exact) mass is 241 g/mol. The van der Waals surface area contributed by atoms with Gasteiger partial charge in [-0.25, -0.2) is 8.78 Å². The molecule has 1 fully saturated rings. The van der Waals surface area contributed by atoms with Gasteiger partial charge in [-0.05, 0) is 12.5 Å². The van der Waals surface area contributed by atoms with Crippen LogP contribution < -0.4 is 0 Å². The van der Waals surface area contributed by atoms with Gasteiger partial charge in [0.15, 0.2) is 0 Å². The van der Waals surface area contributed by atoms with Gasteiger partial charge in [-0.1, -0.05) is 30.3 Å². The van der Waals surface area contributed by atoms with Crippen molar-refractivity contribution in [3.63, 3.8) is 0 Å². The normalized spacial score (nSPS) is 26.4. The summed E-state index contributed by atoms with van der Waals surface area (Å²) in [5, 5.41) is 0. The standard InChI is InChI=1S/C13H17F2NO/c1-10-7-16(9-13(14)15)8-12(17-10)11-5-3-2-4-6-11/h2-6,10,12-13H,7-9H2,1H3. The molecule has 2 rings (SSSR count). The number of halogens is 2. The molecule has 0 spiro atoms. The van der Waals surface area contributed by atoms with E-state index in [0.717, 1.165) is 5.56 Å². The number of benzene rings is 1. The average molecular weight is 241 g/mol. The molecule has 1 aromatic carbocycles. The minimum absolute atomic E-state index is 0.00675. The summed E-state index contributed by atoms with van der Waals surface area (Å²) in [6, 6.07) is 9.77. The summed E-state index contributed by atoms with van der Waals surface area (Å²) in [4.78, 5) is 1.77. The zero-order valence-corrected chi connectivity index (χ0v) is 9.85. The van der Waals surface area contributed by atoms with Crippen molar-refractivity contribution in [2.24, 2.45) is 0 Å². The van der Waals surface area contributed by atoms with Gasteiger partial charge >= 0.3 is 0 Å². The fourth-order valence-electron chi connectivity index (χ4n) is 2.24. The Morgan fingerprint density at radius 3 is 2.65 bits per heavy atom. The highest BCUT2D eigenvalue weighted by molar-refractivity contribution is 5.18. The third kappa shape index (κ3) is 3.48. The van der Waals surface area contributed by atoms with Gasteiger partial charge in [0, 0.05) is 13.1 Å². The lowest BCUT2D eigenvalue weighted by Gasteiger charge is -2.36. The molecule has 2 nitrogen and oxygen atoms in total. The number of rotatable bonds is 3. The third-order valence-corrected chi connectivity index (χ3v) is 2.90. The van der Waals surface area contributed by atoms with Crippen molar-refractivity contribution >= 4 is 0 Å². The van der Waals surface area contributed by atoms with Crippen LogP contribution >= 0.6 is 0 Å². The molecule has 1 aliphatic heterocycles. The van der Waals surface area contributed by atoms with E-state index in [1.54, 1.807) is 4.90 Å². The second kappa shape index (κ2) is 5.56. The molecule has 0 radical (unpaired) electrons. The number of alkyl halides is 2. The molecule has 0 amide bonds. The Kier molecular flexibility index (Phi) is 4.07. The van der Waals surface area contributed by atoms with E-state index < -0.39 is 6.43 Å². The van der Waals surface area contributed by atoms with E-state index in [2.05, 4.69) is 0 Å². The van der Waals surface area contributed by atoms with E-state index >= 15 is 0 Å². The van der Waals surface area contributed by atoms with Gasteiger partial charge < -0.3 is 4.74 Å². The van der Waals surface area contributed by atoms with E-state index in [4.69, 9.17) is 4.74 Å². The lowest BCUT2D eigenvalue weighted by atomic mass is 10.1. The SMILES string of the molecule is CC1CN(CC(F)F)CC(c2ccccc2)O1. The lowest BCUT2D eigenvalue weighted by Crippen LogP contribution is -2.44. The maximum Gasteiger partial charge on any atom is 0.251 e. The Balaban J connectivity index is 2.03. The van der Waals surface area contributed by atoms with Crippen LogP contribution in [0, 0.1) is 0 Å². The van der Waals surface area contributed by atoms with E-state index in [1.807, 2.05) is 37.3 Å². The fourth-order valence-corrected chi connectivity index (χ4v) is 2.24. The maximum atomic E-state index is 12.4. The predicted octanol–water partition coefficient (Wildman–Crippen LogP) is 2.71. The van der Waals surface area contributed by atoms with Crippen molar-refractivity contribution in [1.82, 2.24) is 4.90 Å². The van der Waals surface area contributed by atoms with Gasteiger partial charge in [-0.2, -0.15) is 0 Å². The minimum Gasteiger partial charge on any atom is -0.368 e. The van der Waals surface area contributed by atoms with E-state index in [0.29, 0.717) is 13.1 Å². The molecule has 94 valence electrons. The third-order valence-electron chi connectivity index (χ3n) is 2.90. The summed E-state index contributed by atoms with van der Waals surface area (Å²) in [6.07, 6.45) is -2.39. The molecule has 1 saturated heterocycles. The first-order chi connectivity index (χ1) is 8.15. The smallest absolute Gasteiger partial charge is 0.251 e. The van der Waals surface area contributed by atoms with Crippen LogP contribution in [0.4, 0.5) is 8.78 Å². The van der Waals surface area contributed by atoms with Crippen molar-refractivity contribution in [2.75, 3.05) is 19.6 Å². The summed E-state index contributed by atoms with van der Waals surface area (Å²) in [5.41, 5.74) is 1.05. The molecule has 0 saturated carbocycles. The lowest BCUT2D eigenvalue weighted by molar-refractivity contribution is -0.0892. The highest BCUT2D eigenvalue weighted by Crippen LogP contribution is 2.25. The van der Waals surface area contributed by atoms with Crippen LogP contribution in [0.2, 0.25) is 0 Å². The zero-order chi connectivity index (χ0) is 12.3. The van der Waals surface area contributed by atoms with E-state index in [9.17, 15) is 8.78 Å². The molecule has 0 aliphatic carbocycles. The number of hydrogen-bond acceptors (Lipinski definition) is 2. The van der Waals surface area contributed by atoms with Crippen molar-refractivity contribution in [3.05, 3.63) is 35.9 Å². The highest BCUT2D eigenvalue weighted by Gasteiger charge is 2.27. The number of hydrogen-bond donors (Lipinski definition) is 0. The molecular formula is C13H17F2NO. The Labute approximate surface area is 100 Å². The van der Waals surface area contributed by atoms with Gasteiger partial charge in [0.05, 0.1) is 18.8 Å². The molecular weight excluding hydrogens is 224 g/mol. The van der Waals surface area contributed by atoms with Crippen molar-refractivity contribution in [3.8, 4) is 0 Å². The Bertz CT molecular complexity index is 343. The average Bonchev–Trinajstić information content (AvgIpc) is 2.28. The topological polar surface area (TPSA) is 12.5 Å². The summed E-state index contributed by atoms with van der Waals surface area (Å²) < 4.78 is 30.6. The molecule has 1 aromatic rings. The molecule has 1 aliphatic rings. The Hall–Kier alpha value is -1.00. The van der Waals surface area contributed by atoms with Gasteiger partial charge in [0.2, 0.25) is 0 Å². The highest BCUT2D eigenvalue weighted by atomic mass is 19.3. The minimum atomic E-state index is -2.28. The van der Waals surface area contributed by atoms with Gasteiger partial charge in [-0.3, -0.25) is 4.90 Å². The maximum absolute atomic E-state index is 12.4. The molecule has 2 atom stereocenters. The summed E-state index contributed by atoms with van der Waals surface area (Å²) in [6.45, 7) is 2.87. The second-order valence-corrected chi connectivity index (χ2v) is 4.46. The van der Waals surface area contributed by atoms with E-state index in [-0.39, 0.29) is 18.8 Å². The van der Waals surface area contributed by atoms with Gasteiger partial charge in [0.25, 0.3) is 6.43 Å². The van der Waals surface area contributed by atoms with E-state index in [1.165, 1.54) is 0 Å². The van der Waals surface area contributed by atoms with Crippen molar-refractivity contribution in [2.45, 2.75) is 25.6 Å². The second-order valence-electron chi connectivity index (χ2n) is 4.46. The van der Waals surface area contributed by atoms with Crippen molar-refractivity contribution in [1.29, 1.82) is 0 Å². The van der Waals surface area contributed by atoms with Crippen LogP contribution in [0.1, 0.15) is 18.6 Å². The van der Waals surface area contributed by atoms with Gasteiger partial charge in [0.1, 0.15) is 0 Å². The summed E-state index contributed by atoms with van der Waals surface area (Å²) in [5.74, 6) is 0. The first-order valence-corrected chi connectivity index (χ1v) is 5.86. The van der Waals surface area contributed by atoms with Crippen LogP contribution in [-0.2, 0) is 4.74 Å². The van der Waals surface area contributed by atoms with Crippen LogP contribution in [0.3, 0.4) is 0 Å². The molecule has 1 heterocycles. The fraction of sp³-hybridized carbons (Fsp3) is 0.538. The number of nitrogens with zero attached hydrogens (tertiary/aromatic N) is 1. The number of morpholine rings is 1. The summed E-state index contributed by atoms with van der Waals surface area (Å²) >= 11 is 0. The van der Waals surface area contributed by atoms with Crippen LogP contribution in [0.5, 0.6) is 0 Å². The van der Waals surface area contributed by atoms with Crippen LogP contribution in [0.25, 0.3) is 0 Å². The zero-order valence-electron chi connectivity index (χ0n) is 9.85. The van der Waals surface area contributed by atoms with Crippen LogP contribution in [0.15, 0.2) is 30.3 Å². The molecule has 4 heteroatoms. The predicted molar refractivity (Wildman–Crippen MR) is 62.2 cm³/mol. The molecule has 17 heavy (non-hydrogen) atoms. The molecule has 0 aromatic heterocycles. The first kappa shape index (κ1) is 12.5. The first-order valence-electron chi connectivity index (χ1n) is 5.86. The quantitative estimate of drug-likeness (QED) is 0.806.